The Kier molecular flexibility index (Phi) is 9.23. The number of nitrogen functional groups attached to an aromatic ring is 1. The predicted molar refractivity (Wildman–Crippen MR) is 152 cm³/mol. The van der Waals surface area contributed by atoms with Crippen LogP contribution in [-0.4, -0.2) is 24.3 Å². The van der Waals surface area contributed by atoms with Gasteiger partial charge in [0.1, 0.15) is 11.4 Å². The summed E-state index contributed by atoms with van der Waals surface area (Å²) in [6.45, 7) is 2.31. The molecular formula is C30H31ClN4O3. The molecule has 4 rings (SSSR count). The Morgan fingerprint density at radius 2 is 1.63 bits per heavy atom. The van der Waals surface area contributed by atoms with E-state index >= 15 is 0 Å². The van der Waals surface area contributed by atoms with Crippen molar-refractivity contribution >= 4 is 40.9 Å². The van der Waals surface area contributed by atoms with Gasteiger partial charge in [0.25, 0.3) is 5.91 Å². The fourth-order valence-electron chi connectivity index (χ4n) is 4.31. The maximum atomic E-state index is 13.1. The Bertz CT molecular complexity index is 1440. The predicted octanol–water partition coefficient (Wildman–Crippen LogP) is 4.44. The number of benzene rings is 4. The van der Waals surface area contributed by atoms with E-state index < -0.39 is 11.5 Å². The van der Waals surface area contributed by atoms with Crippen molar-refractivity contribution in [2.24, 2.45) is 11.5 Å². The monoisotopic (exact) mass is 530 g/mol. The van der Waals surface area contributed by atoms with Crippen molar-refractivity contribution < 1.29 is 14.3 Å². The standard InChI is InChI=1S/C30H30N4O3.ClH/c1-2-37-29(36)30(33,18-20-7-4-3-5-8-20)24-15-16-25-23(17-24)9-6-10-26(25)28(35)34-19-21-11-13-22(14-12-21)27(31)32;/h3-17H,2,18-19,33H2,1H3,(H3,31,32)(H,34,35);1H. The van der Waals surface area contributed by atoms with Gasteiger partial charge >= 0.3 is 5.97 Å². The molecule has 4 aromatic carbocycles. The number of fused-ring (bicyclic) bond motifs is 1. The van der Waals surface area contributed by atoms with Crippen LogP contribution in [0.3, 0.4) is 0 Å². The summed E-state index contributed by atoms with van der Waals surface area (Å²) in [7, 11) is 0. The largest absolute Gasteiger partial charge is 0.464 e. The van der Waals surface area contributed by atoms with Gasteiger partial charge in [-0.1, -0.05) is 78.9 Å². The Morgan fingerprint density at radius 3 is 2.29 bits per heavy atom. The molecule has 0 saturated heterocycles. The van der Waals surface area contributed by atoms with Gasteiger partial charge in [-0.05, 0) is 46.5 Å². The topological polar surface area (TPSA) is 131 Å². The molecule has 7 nitrogen and oxygen atoms in total. The summed E-state index contributed by atoms with van der Waals surface area (Å²) in [5, 5.41) is 12.0. The van der Waals surface area contributed by atoms with E-state index in [2.05, 4.69) is 5.32 Å². The lowest BCUT2D eigenvalue weighted by Crippen LogP contribution is -2.48. The van der Waals surface area contributed by atoms with Gasteiger partial charge in [-0.2, -0.15) is 0 Å². The normalized spacial score (nSPS) is 12.2. The average molecular weight is 531 g/mol. The molecule has 0 aliphatic carbocycles. The third-order valence-electron chi connectivity index (χ3n) is 6.32. The van der Waals surface area contributed by atoms with Crippen molar-refractivity contribution in [1.82, 2.24) is 5.32 Å². The summed E-state index contributed by atoms with van der Waals surface area (Å²) in [5.41, 5.74) is 14.4. The number of hydrogen-bond donors (Lipinski definition) is 4. The molecule has 1 atom stereocenters. The van der Waals surface area contributed by atoms with Crippen LogP contribution in [0.15, 0.2) is 91.0 Å². The fourth-order valence-corrected chi connectivity index (χ4v) is 4.31. The first-order valence-electron chi connectivity index (χ1n) is 12.1. The van der Waals surface area contributed by atoms with Crippen molar-refractivity contribution in [3.05, 3.63) is 119 Å². The molecule has 0 aromatic heterocycles. The summed E-state index contributed by atoms with van der Waals surface area (Å²) < 4.78 is 5.36. The number of amides is 1. The number of rotatable bonds is 9. The van der Waals surface area contributed by atoms with Crippen molar-refractivity contribution in [2.45, 2.75) is 25.4 Å². The third kappa shape index (κ3) is 6.19. The number of carbonyl (C=O) groups is 2. The highest BCUT2D eigenvalue weighted by molar-refractivity contribution is 6.07. The second kappa shape index (κ2) is 12.4. The molecule has 0 heterocycles. The van der Waals surface area contributed by atoms with Crippen LogP contribution in [0.5, 0.6) is 0 Å². The molecule has 1 amide bonds. The minimum Gasteiger partial charge on any atom is -0.464 e. The number of nitrogens with two attached hydrogens (primary N) is 2. The van der Waals surface area contributed by atoms with Gasteiger partial charge in [0.15, 0.2) is 0 Å². The molecule has 0 aliphatic heterocycles. The smallest absolute Gasteiger partial charge is 0.331 e. The molecule has 4 aromatic rings. The second-order valence-electron chi connectivity index (χ2n) is 8.89. The quantitative estimate of drug-likeness (QED) is 0.144. The lowest BCUT2D eigenvalue weighted by atomic mass is 9.83. The third-order valence-corrected chi connectivity index (χ3v) is 6.32. The summed E-state index contributed by atoms with van der Waals surface area (Å²) in [6, 6.07) is 27.7. The Morgan fingerprint density at radius 1 is 0.921 bits per heavy atom. The van der Waals surface area contributed by atoms with E-state index in [1.165, 1.54) is 0 Å². The van der Waals surface area contributed by atoms with E-state index in [4.69, 9.17) is 21.6 Å². The maximum Gasteiger partial charge on any atom is 0.331 e. The van der Waals surface area contributed by atoms with E-state index in [0.717, 1.165) is 21.9 Å². The molecule has 196 valence electrons. The molecule has 38 heavy (non-hydrogen) atoms. The first kappa shape index (κ1) is 28.4. The number of amidine groups is 1. The number of halogens is 1. The van der Waals surface area contributed by atoms with Gasteiger partial charge in [-0.15, -0.1) is 12.4 Å². The highest BCUT2D eigenvalue weighted by Gasteiger charge is 2.38. The van der Waals surface area contributed by atoms with Crippen LogP contribution in [-0.2, 0) is 28.0 Å². The van der Waals surface area contributed by atoms with Gasteiger partial charge in [0.2, 0.25) is 0 Å². The molecule has 6 N–H and O–H groups in total. The number of esters is 1. The van der Waals surface area contributed by atoms with Crippen LogP contribution in [0.25, 0.3) is 10.8 Å². The van der Waals surface area contributed by atoms with Crippen LogP contribution in [0.1, 0.15) is 39.5 Å². The zero-order chi connectivity index (χ0) is 26.4. The lowest BCUT2D eigenvalue weighted by Gasteiger charge is -2.28. The first-order chi connectivity index (χ1) is 17.8. The minimum absolute atomic E-state index is 0. The maximum absolute atomic E-state index is 13.1. The highest BCUT2D eigenvalue weighted by Crippen LogP contribution is 2.29. The molecule has 1 unspecified atom stereocenters. The SMILES string of the molecule is CCOC(=O)C(N)(Cc1ccccc1)c1ccc2c(C(=O)NCc3ccc(C(=N)N)cc3)cccc2c1.Cl. The van der Waals surface area contributed by atoms with Crippen molar-refractivity contribution in [2.75, 3.05) is 6.61 Å². The Balaban J connectivity index is 0.00000400. The molecule has 0 saturated carbocycles. The Hall–Kier alpha value is -4.20. The number of carbonyl (C=O) groups excluding carboxylic acids is 2. The van der Waals surface area contributed by atoms with Crippen LogP contribution in [0.2, 0.25) is 0 Å². The molecule has 0 aliphatic rings. The van der Waals surface area contributed by atoms with E-state index in [0.29, 0.717) is 23.2 Å². The number of ether oxygens (including phenoxy) is 1. The summed E-state index contributed by atoms with van der Waals surface area (Å²) in [5.74, 6) is -0.718. The van der Waals surface area contributed by atoms with Crippen molar-refractivity contribution in [3.8, 4) is 0 Å². The van der Waals surface area contributed by atoms with Gasteiger partial charge in [-0.25, -0.2) is 4.79 Å². The average Bonchev–Trinajstić information content (AvgIpc) is 2.91. The van der Waals surface area contributed by atoms with E-state index in [1.54, 1.807) is 31.2 Å². The molecule has 0 bridgehead atoms. The van der Waals surface area contributed by atoms with Gasteiger partial charge in [0.05, 0.1) is 6.61 Å². The van der Waals surface area contributed by atoms with E-state index in [1.807, 2.05) is 66.7 Å². The second-order valence-corrected chi connectivity index (χ2v) is 8.89. The minimum atomic E-state index is -1.38. The zero-order valence-electron chi connectivity index (χ0n) is 21.1. The summed E-state index contributed by atoms with van der Waals surface area (Å²) >= 11 is 0. The van der Waals surface area contributed by atoms with Crippen LogP contribution < -0.4 is 16.8 Å². The zero-order valence-corrected chi connectivity index (χ0v) is 21.9. The van der Waals surface area contributed by atoms with E-state index in [9.17, 15) is 9.59 Å². The molecule has 8 heteroatoms. The molecule has 0 fully saturated rings. The van der Waals surface area contributed by atoms with Crippen molar-refractivity contribution in [3.63, 3.8) is 0 Å². The highest BCUT2D eigenvalue weighted by atomic mass is 35.5. The summed E-state index contributed by atoms with van der Waals surface area (Å²) in [6.07, 6.45) is 0.279. The van der Waals surface area contributed by atoms with E-state index in [-0.39, 0.29) is 37.2 Å². The lowest BCUT2D eigenvalue weighted by molar-refractivity contribution is -0.150. The van der Waals surface area contributed by atoms with Crippen LogP contribution >= 0.6 is 12.4 Å². The Labute approximate surface area is 228 Å². The molecule has 0 radical (unpaired) electrons. The van der Waals surface area contributed by atoms with Crippen molar-refractivity contribution in [1.29, 1.82) is 5.41 Å². The number of hydrogen-bond acceptors (Lipinski definition) is 5. The van der Waals surface area contributed by atoms with Crippen LogP contribution in [0, 0.1) is 5.41 Å². The van der Waals surface area contributed by atoms with Crippen LogP contribution in [0.4, 0.5) is 0 Å². The van der Waals surface area contributed by atoms with Gasteiger partial charge in [0, 0.05) is 24.1 Å². The fraction of sp³-hybridized carbons (Fsp3) is 0.167. The summed E-state index contributed by atoms with van der Waals surface area (Å²) in [4.78, 5) is 26.1. The molecular weight excluding hydrogens is 500 g/mol. The first-order valence-corrected chi connectivity index (χ1v) is 12.1. The number of nitrogens with one attached hydrogen (secondary N) is 2. The van der Waals surface area contributed by atoms with Gasteiger partial charge < -0.3 is 21.5 Å². The molecule has 0 spiro atoms. The van der Waals surface area contributed by atoms with Gasteiger partial charge in [-0.3, -0.25) is 10.2 Å².